The van der Waals surface area contributed by atoms with Crippen molar-refractivity contribution in [2.24, 2.45) is 0 Å². The highest BCUT2D eigenvalue weighted by molar-refractivity contribution is 5.77. The molecule has 0 bridgehead atoms. The predicted octanol–water partition coefficient (Wildman–Crippen LogP) is 3.04. The summed E-state index contributed by atoms with van der Waals surface area (Å²) in [6.45, 7) is 4.12. The Morgan fingerprint density at radius 3 is 2.35 bits per heavy atom. The Labute approximate surface area is 99.7 Å². The lowest BCUT2D eigenvalue weighted by molar-refractivity contribution is 0.765. The van der Waals surface area contributed by atoms with Gasteiger partial charge >= 0.3 is 0 Å². The van der Waals surface area contributed by atoms with Crippen LogP contribution in [0.3, 0.4) is 0 Å². The molecule has 1 heterocycles. The molecule has 3 heteroatoms. The van der Waals surface area contributed by atoms with Gasteiger partial charge in [-0.05, 0) is 37.6 Å². The SMILES string of the molecule is Cc1ccc(-n2nc3cccc(C)c3n2)cc1. The zero-order chi connectivity index (χ0) is 11.8. The van der Waals surface area contributed by atoms with Crippen molar-refractivity contribution in [2.75, 3.05) is 0 Å². The zero-order valence-corrected chi connectivity index (χ0v) is 9.88. The van der Waals surface area contributed by atoms with Gasteiger partial charge in [0, 0.05) is 0 Å². The minimum Gasteiger partial charge on any atom is -0.150 e. The molecule has 0 amide bonds. The third-order valence-electron chi connectivity index (χ3n) is 2.88. The summed E-state index contributed by atoms with van der Waals surface area (Å²) >= 11 is 0. The molecule has 0 fully saturated rings. The van der Waals surface area contributed by atoms with Crippen LogP contribution in [-0.4, -0.2) is 15.0 Å². The van der Waals surface area contributed by atoms with Crippen molar-refractivity contribution in [1.82, 2.24) is 15.0 Å². The lowest BCUT2D eigenvalue weighted by Crippen LogP contribution is -1.97. The summed E-state index contributed by atoms with van der Waals surface area (Å²) < 4.78 is 0. The van der Waals surface area contributed by atoms with Crippen LogP contribution in [0.25, 0.3) is 16.7 Å². The van der Waals surface area contributed by atoms with E-state index < -0.39 is 0 Å². The van der Waals surface area contributed by atoms with Crippen LogP contribution in [0.15, 0.2) is 42.5 Å². The van der Waals surface area contributed by atoms with Gasteiger partial charge in [0.1, 0.15) is 11.0 Å². The van der Waals surface area contributed by atoms with Gasteiger partial charge in [-0.3, -0.25) is 0 Å². The summed E-state index contributed by atoms with van der Waals surface area (Å²) in [7, 11) is 0. The van der Waals surface area contributed by atoms with Gasteiger partial charge in [-0.25, -0.2) is 0 Å². The van der Waals surface area contributed by atoms with E-state index in [9.17, 15) is 0 Å². The summed E-state index contributed by atoms with van der Waals surface area (Å²) in [6.07, 6.45) is 0. The number of nitrogens with zero attached hydrogens (tertiary/aromatic N) is 3. The first-order chi connectivity index (χ1) is 8.24. The van der Waals surface area contributed by atoms with E-state index in [1.165, 1.54) is 5.56 Å². The first-order valence-electron chi connectivity index (χ1n) is 5.64. The second kappa shape index (κ2) is 3.70. The molecule has 84 valence electrons. The molecule has 0 unspecified atom stereocenters. The van der Waals surface area contributed by atoms with Crippen molar-refractivity contribution >= 4 is 11.0 Å². The number of aryl methyl sites for hydroxylation is 2. The number of rotatable bonds is 1. The first kappa shape index (κ1) is 10.0. The van der Waals surface area contributed by atoms with Crippen LogP contribution in [0.2, 0.25) is 0 Å². The van der Waals surface area contributed by atoms with Crippen LogP contribution in [0.5, 0.6) is 0 Å². The highest BCUT2D eigenvalue weighted by Crippen LogP contribution is 2.15. The third-order valence-corrected chi connectivity index (χ3v) is 2.88. The average molecular weight is 223 g/mol. The second-order valence-electron chi connectivity index (χ2n) is 4.27. The lowest BCUT2D eigenvalue weighted by Gasteiger charge is -1.98. The Hall–Kier alpha value is -2.16. The number of hydrogen-bond donors (Lipinski definition) is 0. The molecule has 0 aliphatic heterocycles. The van der Waals surface area contributed by atoms with Crippen molar-refractivity contribution in [3.05, 3.63) is 53.6 Å². The molecule has 2 aromatic carbocycles. The summed E-state index contributed by atoms with van der Waals surface area (Å²) in [5, 5.41) is 9.00. The standard InChI is InChI=1S/C14H13N3/c1-10-6-8-12(9-7-10)17-15-13-5-3-4-11(2)14(13)16-17/h3-9H,1-2H3. The summed E-state index contributed by atoms with van der Waals surface area (Å²) in [5.74, 6) is 0. The highest BCUT2D eigenvalue weighted by Gasteiger charge is 2.05. The summed E-state index contributed by atoms with van der Waals surface area (Å²) in [6, 6.07) is 14.2. The van der Waals surface area contributed by atoms with Gasteiger partial charge in [-0.1, -0.05) is 29.8 Å². The van der Waals surface area contributed by atoms with Crippen LogP contribution in [0.1, 0.15) is 11.1 Å². The molecule has 17 heavy (non-hydrogen) atoms. The smallest absolute Gasteiger partial charge is 0.116 e. The van der Waals surface area contributed by atoms with Crippen LogP contribution in [0.4, 0.5) is 0 Å². The van der Waals surface area contributed by atoms with Crippen molar-refractivity contribution in [1.29, 1.82) is 0 Å². The monoisotopic (exact) mass is 223 g/mol. The fraction of sp³-hybridized carbons (Fsp3) is 0.143. The maximum atomic E-state index is 4.52. The van der Waals surface area contributed by atoms with E-state index in [0.717, 1.165) is 22.3 Å². The number of hydrogen-bond acceptors (Lipinski definition) is 2. The van der Waals surface area contributed by atoms with E-state index in [-0.39, 0.29) is 0 Å². The topological polar surface area (TPSA) is 30.7 Å². The maximum Gasteiger partial charge on any atom is 0.116 e. The van der Waals surface area contributed by atoms with Gasteiger partial charge < -0.3 is 0 Å². The van der Waals surface area contributed by atoms with Gasteiger partial charge in [-0.15, -0.1) is 10.2 Å². The molecule has 0 spiro atoms. The van der Waals surface area contributed by atoms with Gasteiger partial charge in [-0.2, -0.15) is 4.80 Å². The fourth-order valence-electron chi connectivity index (χ4n) is 1.87. The second-order valence-corrected chi connectivity index (χ2v) is 4.27. The molecular formula is C14H13N3. The van der Waals surface area contributed by atoms with E-state index in [2.05, 4.69) is 42.2 Å². The molecule has 0 N–H and O–H groups in total. The van der Waals surface area contributed by atoms with Gasteiger partial charge in [0.15, 0.2) is 0 Å². The third kappa shape index (κ3) is 1.69. The number of fused-ring (bicyclic) bond motifs is 1. The van der Waals surface area contributed by atoms with Crippen molar-refractivity contribution in [3.8, 4) is 5.69 Å². The molecule has 0 atom stereocenters. The highest BCUT2D eigenvalue weighted by atomic mass is 15.5. The molecule has 3 rings (SSSR count). The molecule has 0 saturated carbocycles. The number of benzene rings is 2. The molecule has 0 aliphatic rings. The van der Waals surface area contributed by atoms with Crippen LogP contribution >= 0.6 is 0 Å². The Morgan fingerprint density at radius 1 is 0.882 bits per heavy atom. The molecular weight excluding hydrogens is 210 g/mol. The van der Waals surface area contributed by atoms with E-state index in [1.807, 2.05) is 24.3 Å². The molecule has 0 radical (unpaired) electrons. The Balaban J connectivity index is 2.18. The Morgan fingerprint density at radius 2 is 1.65 bits per heavy atom. The van der Waals surface area contributed by atoms with Gasteiger partial charge in [0.05, 0.1) is 5.69 Å². The fourth-order valence-corrected chi connectivity index (χ4v) is 1.87. The predicted molar refractivity (Wildman–Crippen MR) is 68.3 cm³/mol. The Bertz CT molecular complexity index is 666. The van der Waals surface area contributed by atoms with Crippen LogP contribution in [0, 0.1) is 13.8 Å². The van der Waals surface area contributed by atoms with E-state index >= 15 is 0 Å². The lowest BCUT2D eigenvalue weighted by atomic mass is 10.2. The van der Waals surface area contributed by atoms with Gasteiger partial charge in [0.2, 0.25) is 0 Å². The molecule has 0 saturated heterocycles. The van der Waals surface area contributed by atoms with Crippen LogP contribution < -0.4 is 0 Å². The number of aromatic nitrogens is 3. The minimum absolute atomic E-state index is 0.936. The van der Waals surface area contributed by atoms with Crippen molar-refractivity contribution < 1.29 is 0 Å². The van der Waals surface area contributed by atoms with Gasteiger partial charge in [0.25, 0.3) is 0 Å². The van der Waals surface area contributed by atoms with E-state index in [1.54, 1.807) is 4.80 Å². The summed E-state index contributed by atoms with van der Waals surface area (Å²) in [4.78, 5) is 1.69. The first-order valence-corrected chi connectivity index (χ1v) is 5.64. The molecule has 3 aromatic rings. The summed E-state index contributed by atoms with van der Waals surface area (Å²) in [5.41, 5.74) is 5.28. The Kier molecular flexibility index (Phi) is 2.18. The van der Waals surface area contributed by atoms with Crippen molar-refractivity contribution in [3.63, 3.8) is 0 Å². The normalized spacial score (nSPS) is 10.9. The minimum atomic E-state index is 0.936. The largest absolute Gasteiger partial charge is 0.150 e. The van der Waals surface area contributed by atoms with Crippen LogP contribution in [-0.2, 0) is 0 Å². The molecule has 3 nitrogen and oxygen atoms in total. The van der Waals surface area contributed by atoms with E-state index in [0.29, 0.717) is 0 Å². The maximum absolute atomic E-state index is 4.52. The zero-order valence-electron chi connectivity index (χ0n) is 9.88. The molecule has 0 aliphatic carbocycles. The average Bonchev–Trinajstić information content (AvgIpc) is 2.75. The quantitative estimate of drug-likeness (QED) is 0.634. The van der Waals surface area contributed by atoms with E-state index in [4.69, 9.17) is 0 Å². The molecule has 1 aromatic heterocycles. The van der Waals surface area contributed by atoms with Crippen molar-refractivity contribution in [2.45, 2.75) is 13.8 Å².